The molecule has 0 fully saturated rings. The Hall–Kier alpha value is -2.69. The molecule has 0 radical (unpaired) electrons. The average molecular weight is 512 g/mol. The molecule has 0 aliphatic carbocycles. The molecule has 0 N–H and O–H groups in total. The number of unbranched alkanes of at least 4 members (excludes halogenated alkanes) is 6. The van der Waals surface area contributed by atoms with E-state index in [9.17, 15) is 4.79 Å². The number of nitrogens with zero attached hydrogens (tertiary/aromatic N) is 1. The van der Waals surface area contributed by atoms with Crippen molar-refractivity contribution in [2.75, 3.05) is 20.3 Å². The minimum Gasteiger partial charge on any atom is -0.489 e. The van der Waals surface area contributed by atoms with Gasteiger partial charge in [0.05, 0.1) is 19.2 Å². The van der Waals surface area contributed by atoms with E-state index in [0.717, 1.165) is 55.2 Å². The first-order valence-electron chi connectivity index (χ1n) is 14.2. The van der Waals surface area contributed by atoms with Gasteiger partial charge in [0.2, 0.25) is 5.75 Å². The lowest BCUT2D eigenvalue weighted by atomic mass is 10.1. The molecular formula is C32H49NO4. The average Bonchev–Trinajstić information content (AvgIpc) is 2.87. The first-order valence-corrected chi connectivity index (χ1v) is 14.2. The molecule has 5 heteroatoms. The summed E-state index contributed by atoms with van der Waals surface area (Å²) in [6, 6.07) is 5.93. The van der Waals surface area contributed by atoms with Crippen LogP contribution in [-0.2, 0) is 6.54 Å². The quantitative estimate of drug-likeness (QED) is 0.148. The molecule has 0 amide bonds. The summed E-state index contributed by atoms with van der Waals surface area (Å²) >= 11 is 0. The van der Waals surface area contributed by atoms with E-state index >= 15 is 0 Å². The smallest absolute Gasteiger partial charge is 0.297 e. The van der Waals surface area contributed by atoms with Crippen molar-refractivity contribution in [3.05, 3.63) is 51.9 Å². The van der Waals surface area contributed by atoms with Crippen molar-refractivity contribution < 1.29 is 14.2 Å². The highest BCUT2D eigenvalue weighted by atomic mass is 16.5. The maximum Gasteiger partial charge on any atom is 0.297 e. The molecular weight excluding hydrogens is 462 g/mol. The van der Waals surface area contributed by atoms with Crippen LogP contribution in [0.2, 0.25) is 0 Å². The van der Waals surface area contributed by atoms with E-state index in [-0.39, 0.29) is 11.3 Å². The van der Waals surface area contributed by atoms with Crippen LogP contribution in [0.25, 0.3) is 10.9 Å². The molecule has 0 atom stereocenters. The third-order valence-corrected chi connectivity index (χ3v) is 6.61. The maximum atomic E-state index is 13.5. The molecule has 2 aromatic rings. The highest BCUT2D eigenvalue weighted by Crippen LogP contribution is 2.35. The summed E-state index contributed by atoms with van der Waals surface area (Å²) in [7, 11) is 1.55. The van der Waals surface area contributed by atoms with Gasteiger partial charge in [-0.1, -0.05) is 69.6 Å². The van der Waals surface area contributed by atoms with Gasteiger partial charge >= 0.3 is 0 Å². The maximum absolute atomic E-state index is 13.5. The topological polar surface area (TPSA) is 49.7 Å². The van der Waals surface area contributed by atoms with Gasteiger partial charge in [-0.3, -0.25) is 4.79 Å². The van der Waals surface area contributed by atoms with Gasteiger partial charge in [-0.2, -0.15) is 0 Å². The number of rotatable bonds is 18. The third-order valence-electron chi connectivity index (χ3n) is 6.61. The number of pyridine rings is 1. The number of methoxy groups -OCH3 is 1. The summed E-state index contributed by atoms with van der Waals surface area (Å²) in [5.74, 6) is 1.58. The van der Waals surface area contributed by atoms with E-state index in [1.165, 1.54) is 36.8 Å². The van der Waals surface area contributed by atoms with E-state index in [0.29, 0.717) is 25.5 Å². The van der Waals surface area contributed by atoms with E-state index in [1.807, 2.05) is 22.8 Å². The number of hydrogen-bond donors (Lipinski definition) is 0. The Morgan fingerprint density at radius 3 is 2.32 bits per heavy atom. The molecule has 0 spiro atoms. The van der Waals surface area contributed by atoms with Gasteiger partial charge in [0.15, 0.2) is 5.75 Å². The van der Waals surface area contributed by atoms with Crippen molar-refractivity contribution in [2.24, 2.45) is 0 Å². The number of fused-ring (bicyclic) bond motifs is 1. The second-order valence-electron chi connectivity index (χ2n) is 10.1. The molecule has 1 aromatic heterocycles. The highest BCUT2D eigenvalue weighted by molar-refractivity contribution is 5.89. The minimum absolute atomic E-state index is 0.137. The van der Waals surface area contributed by atoms with Crippen LogP contribution in [-0.4, -0.2) is 24.9 Å². The monoisotopic (exact) mass is 511 g/mol. The Balaban J connectivity index is 2.31. The van der Waals surface area contributed by atoms with Crippen LogP contribution < -0.4 is 19.8 Å². The number of ether oxygens (including phenoxy) is 3. The Labute approximate surface area is 224 Å². The van der Waals surface area contributed by atoms with Gasteiger partial charge in [-0.15, -0.1) is 0 Å². The van der Waals surface area contributed by atoms with Crippen LogP contribution in [0.5, 0.6) is 17.2 Å². The van der Waals surface area contributed by atoms with Gasteiger partial charge < -0.3 is 18.8 Å². The Kier molecular flexibility index (Phi) is 14.0. The first kappa shape index (κ1) is 30.5. The van der Waals surface area contributed by atoms with Gasteiger partial charge in [0, 0.05) is 18.0 Å². The van der Waals surface area contributed by atoms with E-state index in [2.05, 4.69) is 46.8 Å². The first-order chi connectivity index (χ1) is 17.9. The number of hydrogen-bond acceptors (Lipinski definition) is 4. The van der Waals surface area contributed by atoms with E-state index in [4.69, 9.17) is 14.2 Å². The molecule has 5 nitrogen and oxygen atoms in total. The molecule has 1 heterocycles. The lowest BCUT2D eigenvalue weighted by Crippen LogP contribution is -2.23. The molecule has 0 unspecified atom stereocenters. The van der Waals surface area contributed by atoms with Crippen molar-refractivity contribution in [3.8, 4) is 17.2 Å². The van der Waals surface area contributed by atoms with Crippen molar-refractivity contribution in [1.82, 2.24) is 4.57 Å². The summed E-state index contributed by atoms with van der Waals surface area (Å²) in [5.41, 5.74) is 3.37. The van der Waals surface area contributed by atoms with Crippen molar-refractivity contribution in [1.29, 1.82) is 0 Å². The zero-order valence-corrected chi connectivity index (χ0v) is 24.2. The lowest BCUT2D eigenvalue weighted by Gasteiger charge is -2.18. The number of aryl methyl sites for hydroxylation is 1. The van der Waals surface area contributed by atoms with Crippen molar-refractivity contribution >= 4 is 10.9 Å². The van der Waals surface area contributed by atoms with Gasteiger partial charge in [0.1, 0.15) is 12.4 Å². The predicted octanol–water partition coefficient (Wildman–Crippen LogP) is 8.62. The Bertz CT molecular complexity index is 1080. The summed E-state index contributed by atoms with van der Waals surface area (Å²) in [6.07, 6.45) is 15.4. The SMILES string of the molecule is CCCCCCCCn1c(=O)c(OC)c(OCCCC)c2ccc(OC/C=C(\C)CCC=C(C)C)cc21. The molecule has 0 saturated carbocycles. The van der Waals surface area contributed by atoms with E-state index < -0.39 is 0 Å². The number of allylic oxidation sites excluding steroid dienone is 3. The molecule has 0 saturated heterocycles. The van der Waals surface area contributed by atoms with Crippen molar-refractivity contribution in [3.63, 3.8) is 0 Å². The molecule has 1 aromatic carbocycles. The van der Waals surface area contributed by atoms with Crippen molar-refractivity contribution in [2.45, 2.75) is 105 Å². The van der Waals surface area contributed by atoms with Crippen LogP contribution in [0.1, 0.15) is 98.8 Å². The summed E-state index contributed by atoms with van der Waals surface area (Å²) in [5, 5.41) is 0.888. The molecule has 206 valence electrons. The fraction of sp³-hybridized carbons (Fsp3) is 0.594. The Morgan fingerprint density at radius 2 is 1.62 bits per heavy atom. The largest absolute Gasteiger partial charge is 0.489 e. The molecule has 0 aliphatic rings. The fourth-order valence-corrected chi connectivity index (χ4v) is 4.35. The van der Waals surface area contributed by atoms with Crippen LogP contribution in [0.3, 0.4) is 0 Å². The summed E-state index contributed by atoms with van der Waals surface area (Å²) < 4.78 is 19.6. The molecule has 0 aliphatic heterocycles. The normalized spacial score (nSPS) is 11.6. The minimum atomic E-state index is -0.137. The predicted molar refractivity (Wildman–Crippen MR) is 156 cm³/mol. The number of aromatic nitrogens is 1. The second-order valence-corrected chi connectivity index (χ2v) is 10.1. The summed E-state index contributed by atoms with van der Waals surface area (Å²) in [6.45, 7) is 12.5. The molecule has 0 bridgehead atoms. The summed E-state index contributed by atoms with van der Waals surface area (Å²) in [4.78, 5) is 13.5. The third kappa shape index (κ3) is 9.94. The van der Waals surface area contributed by atoms with Crippen LogP contribution in [0.4, 0.5) is 0 Å². The van der Waals surface area contributed by atoms with E-state index in [1.54, 1.807) is 7.11 Å². The van der Waals surface area contributed by atoms with Crippen LogP contribution in [0, 0.1) is 0 Å². The number of benzene rings is 1. The second kappa shape index (κ2) is 16.9. The fourth-order valence-electron chi connectivity index (χ4n) is 4.35. The van der Waals surface area contributed by atoms with Gasteiger partial charge in [-0.05, 0) is 64.7 Å². The molecule has 2 rings (SSSR count). The standard InChI is InChI=1S/C32H49NO4/c1-7-9-11-12-13-14-21-33-29-24-27(36-23-20-26(5)17-15-16-25(3)4)18-19-28(29)30(37-22-10-8-2)31(35-6)32(33)34/h16,18-20,24H,7-15,17,21-23H2,1-6H3/b26-20+. The van der Waals surface area contributed by atoms with Gasteiger partial charge in [0.25, 0.3) is 5.56 Å². The molecule has 37 heavy (non-hydrogen) atoms. The lowest BCUT2D eigenvalue weighted by molar-refractivity contribution is 0.288. The van der Waals surface area contributed by atoms with Crippen LogP contribution in [0.15, 0.2) is 46.3 Å². The van der Waals surface area contributed by atoms with Gasteiger partial charge in [-0.25, -0.2) is 0 Å². The zero-order valence-electron chi connectivity index (χ0n) is 24.2. The highest BCUT2D eigenvalue weighted by Gasteiger charge is 2.19. The Morgan fingerprint density at radius 1 is 0.892 bits per heavy atom. The van der Waals surface area contributed by atoms with Crippen LogP contribution >= 0.6 is 0 Å². The zero-order chi connectivity index (χ0) is 27.0.